The van der Waals surface area contributed by atoms with Crippen molar-refractivity contribution in [2.24, 2.45) is 0 Å². The monoisotopic (exact) mass is 271 g/mol. The summed E-state index contributed by atoms with van der Waals surface area (Å²) in [5, 5.41) is 3.97. The molecule has 0 aliphatic carbocycles. The Morgan fingerprint density at radius 2 is 2.17 bits per heavy atom. The molecule has 0 bridgehead atoms. The predicted octanol–water partition coefficient (Wildman–Crippen LogP) is 2.33. The fourth-order valence-corrected chi connectivity index (χ4v) is 2.43. The van der Waals surface area contributed by atoms with Crippen LogP contribution in [0.5, 0.6) is 11.5 Å². The third-order valence-corrected chi connectivity index (χ3v) is 3.57. The van der Waals surface area contributed by atoms with Crippen LogP contribution in [0.4, 0.5) is 0 Å². The first kappa shape index (κ1) is 13.5. The van der Waals surface area contributed by atoms with Crippen molar-refractivity contribution in [2.45, 2.75) is 13.0 Å². The van der Waals surface area contributed by atoms with Gasteiger partial charge in [0, 0.05) is 18.7 Å². The summed E-state index contributed by atoms with van der Waals surface area (Å²) in [6, 6.07) is 1.88. The van der Waals surface area contributed by atoms with Crippen LogP contribution in [0.3, 0.4) is 0 Å². The second-order valence-electron chi connectivity index (χ2n) is 4.22. The number of ether oxygens (including phenoxy) is 3. The van der Waals surface area contributed by atoms with Gasteiger partial charge in [0.2, 0.25) is 0 Å². The number of methoxy groups -OCH3 is 2. The number of nitrogens with one attached hydrogen (secondary N) is 1. The van der Waals surface area contributed by atoms with Gasteiger partial charge in [0.05, 0.1) is 25.8 Å². The maximum absolute atomic E-state index is 6.40. The molecule has 100 valence electrons. The molecule has 1 aromatic carbocycles. The number of hydrogen-bond acceptors (Lipinski definition) is 4. The largest absolute Gasteiger partial charge is 0.493 e. The van der Waals surface area contributed by atoms with Crippen molar-refractivity contribution in [3.63, 3.8) is 0 Å². The molecular formula is C13H18ClNO3. The van der Waals surface area contributed by atoms with Gasteiger partial charge in [-0.1, -0.05) is 11.6 Å². The molecule has 4 nitrogen and oxygen atoms in total. The van der Waals surface area contributed by atoms with E-state index < -0.39 is 0 Å². The summed E-state index contributed by atoms with van der Waals surface area (Å²) in [5.41, 5.74) is 1.82. The van der Waals surface area contributed by atoms with Crippen molar-refractivity contribution >= 4 is 11.6 Å². The van der Waals surface area contributed by atoms with Crippen LogP contribution < -0.4 is 14.8 Å². The van der Waals surface area contributed by atoms with Crippen molar-refractivity contribution in [3.05, 3.63) is 22.2 Å². The van der Waals surface area contributed by atoms with Crippen LogP contribution in [0.25, 0.3) is 0 Å². The zero-order valence-electron chi connectivity index (χ0n) is 10.9. The number of rotatable bonds is 3. The topological polar surface area (TPSA) is 39.7 Å². The Labute approximate surface area is 112 Å². The van der Waals surface area contributed by atoms with Crippen LogP contribution in [0.15, 0.2) is 6.07 Å². The highest BCUT2D eigenvalue weighted by Gasteiger charge is 2.26. The van der Waals surface area contributed by atoms with Gasteiger partial charge in [-0.15, -0.1) is 0 Å². The lowest BCUT2D eigenvalue weighted by molar-refractivity contribution is 0.0261. The lowest BCUT2D eigenvalue weighted by atomic mass is 10.0. The van der Waals surface area contributed by atoms with Gasteiger partial charge in [0.1, 0.15) is 6.10 Å². The fraction of sp³-hybridized carbons (Fsp3) is 0.538. The van der Waals surface area contributed by atoms with Gasteiger partial charge in [-0.05, 0) is 18.6 Å². The zero-order valence-corrected chi connectivity index (χ0v) is 11.6. The molecule has 1 unspecified atom stereocenters. The molecule has 1 aliphatic rings. The molecule has 1 N–H and O–H groups in total. The molecule has 1 saturated heterocycles. The first-order chi connectivity index (χ1) is 8.69. The van der Waals surface area contributed by atoms with Gasteiger partial charge in [-0.3, -0.25) is 0 Å². The Balaban J connectivity index is 2.51. The van der Waals surface area contributed by atoms with Crippen LogP contribution in [0.2, 0.25) is 5.02 Å². The lowest BCUT2D eigenvalue weighted by Crippen LogP contribution is -2.33. The maximum atomic E-state index is 6.40. The minimum atomic E-state index is -0.102. The van der Waals surface area contributed by atoms with E-state index >= 15 is 0 Å². The second-order valence-corrected chi connectivity index (χ2v) is 4.60. The van der Waals surface area contributed by atoms with Crippen molar-refractivity contribution in [3.8, 4) is 11.5 Å². The summed E-state index contributed by atoms with van der Waals surface area (Å²) in [4.78, 5) is 0. The molecule has 0 spiro atoms. The minimum absolute atomic E-state index is 0.102. The van der Waals surface area contributed by atoms with E-state index in [9.17, 15) is 0 Å². The summed E-state index contributed by atoms with van der Waals surface area (Å²) in [7, 11) is 3.23. The Kier molecular flexibility index (Phi) is 4.32. The molecule has 1 heterocycles. The normalized spacial score (nSPS) is 19.7. The molecular weight excluding hydrogens is 254 g/mol. The Hall–Kier alpha value is -0.970. The smallest absolute Gasteiger partial charge is 0.168 e. The summed E-state index contributed by atoms with van der Waals surface area (Å²) in [6.45, 7) is 4.20. The first-order valence-electron chi connectivity index (χ1n) is 5.92. The molecule has 1 aromatic rings. The van der Waals surface area contributed by atoms with Gasteiger partial charge >= 0.3 is 0 Å². The quantitative estimate of drug-likeness (QED) is 0.916. The molecule has 0 saturated carbocycles. The van der Waals surface area contributed by atoms with Crippen molar-refractivity contribution < 1.29 is 14.2 Å². The Morgan fingerprint density at radius 1 is 1.39 bits per heavy atom. The highest BCUT2D eigenvalue weighted by atomic mass is 35.5. The Bertz CT molecular complexity index is 431. The highest BCUT2D eigenvalue weighted by Crippen LogP contribution is 2.43. The van der Waals surface area contributed by atoms with E-state index in [0.29, 0.717) is 23.1 Å². The van der Waals surface area contributed by atoms with E-state index in [-0.39, 0.29) is 6.10 Å². The summed E-state index contributed by atoms with van der Waals surface area (Å²) >= 11 is 6.40. The number of halogens is 1. The number of hydrogen-bond donors (Lipinski definition) is 1. The zero-order chi connectivity index (χ0) is 13.1. The van der Waals surface area contributed by atoms with E-state index in [1.165, 1.54) is 0 Å². The van der Waals surface area contributed by atoms with Gasteiger partial charge in [-0.2, -0.15) is 0 Å². The number of morpholine rings is 1. The predicted molar refractivity (Wildman–Crippen MR) is 70.9 cm³/mol. The summed E-state index contributed by atoms with van der Waals surface area (Å²) < 4.78 is 16.5. The molecule has 2 rings (SSSR count). The molecule has 1 fully saturated rings. The lowest BCUT2D eigenvalue weighted by Gasteiger charge is -2.27. The summed E-state index contributed by atoms with van der Waals surface area (Å²) in [6.07, 6.45) is -0.102. The third-order valence-electron chi connectivity index (χ3n) is 3.07. The SMILES string of the molecule is COc1cc(C)c(Cl)c(C2CNCCO2)c1OC. The van der Waals surface area contributed by atoms with Crippen molar-refractivity contribution in [2.75, 3.05) is 33.9 Å². The van der Waals surface area contributed by atoms with E-state index in [1.54, 1.807) is 14.2 Å². The average molecular weight is 272 g/mol. The van der Waals surface area contributed by atoms with Gasteiger partial charge in [0.25, 0.3) is 0 Å². The maximum Gasteiger partial charge on any atom is 0.168 e. The van der Waals surface area contributed by atoms with Crippen LogP contribution >= 0.6 is 11.6 Å². The van der Waals surface area contributed by atoms with Crippen LogP contribution in [-0.2, 0) is 4.74 Å². The van der Waals surface area contributed by atoms with Gasteiger partial charge in [-0.25, -0.2) is 0 Å². The molecule has 18 heavy (non-hydrogen) atoms. The second kappa shape index (κ2) is 5.78. The van der Waals surface area contributed by atoms with Crippen molar-refractivity contribution in [1.29, 1.82) is 0 Å². The fourth-order valence-electron chi connectivity index (χ4n) is 2.17. The van der Waals surface area contributed by atoms with E-state index in [1.807, 2.05) is 13.0 Å². The number of aryl methyl sites for hydroxylation is 1. The number of benzene rings is 1. The highest BCUT2D eigenvalue weighted by molar-refractivity contribution is 6.32. The van der Waals surface area contributed by atoms with Gasteiger partial charge in [0.15, 0.2) is 11.5 Å². The molecule has 0 aromatic heterocycles. The van der Waals surface area contributed by atoms with E-state index in [0.717, 1.165) is 24.2 Å². The molecule has 1 aliphatic heterocycles. The van der Waals surface area contributed by atoms with Crippen LogP contribution in [-0.4, -0.2) is 33.9 Å². The van der Waals surface area contributed by atoms with Gasteiger partial charge < -0.3 is 19.5 Å². The van der Waals surface area contributed by atoms with Crippen LogP contribution in [0.1, 0.15) is 17.2 Å². The Morgan fingerprint density at radius 3 is 2.72 bits per heavy atom. The molecule has 5 heteroatoms. The van der Waals surface area contributed by atoms with Crippen molar-refractivity contribution in [1.82, 2.24) is 5.32 Å². The third kappa shape index (κ3) is 2.41. The minimum Gasteiger partial charge on any atom is -0.493 e. The average Bonchev–Trinajstić information content (AvgIpc) is 2.42. The van der Waals surface area contributed by atoms with Crippen LogP contribution in [0, 0.1) is 6.92 Å². The molecule has 0 radical (unpaired) electrons. The van der Waals surface area contributed by atoms with E-state index in [4.69, 9.17) is 25.8 Å². The molecule has 1 atom stereocenters. The standard InChI is InChI=1S/C13H18ClNO3/c1-8-6-9(16-2)13(17-3)11(12(8)14)10-7-15-4-5-18-10/h6,10,15H,4-5,7H2,1-3H3. The molecule has 0 amide bonds. The summed E-state index contributed by atoms with van der Waals surface area (Å²) in [5.74, 6) is 1.34. The van der Waals surface area contributed by atoms with E-state index in [2.05, 4.69) is 5.32 Å². The first-order valence-corrected chi connectivity index (χ1v) is 6.30.